The molecule has 60 valence electrons. The van der Waals surface area contributed by atoms with E-state index in [1.165, 1.54) is 0 Å². The molecular formula is C2H10KNO5S. The molecule has 0 unspecified atom stereocenters. The average molecular weight is 199 g/mol. The van der Waals surface area contributed by atoms with Gasteiger partial charge in [0.15, 0.2) is 0 Å². The zero-order valence-corrected chi connectivity index (χ0v) is 5.47. The normalized spacial score (nSPS) is 9.40. The summed E-state index contributed by atoms with van der Waals surface area (Å²) < 4.78 is 30.7. The van der Waals surface area contributed by atoms with Crippen LogP contribution in [0.5, 0.6) is 0 Å². The van der Waals surface area contributed by atoms with Crippen LogP contribution in [0.25, 0.3) is 0 Å². The molecule has 0 amide bonds. The van der Waals surface area contributed by atoms with Crippen molar-refractivity contribution >= 4 is 61.8 Å². The van der Waals surface area contributed by atoms with Gasteiger partial charge in [-0.15, -0.1) is 0 Å². The maximum atomic E-state index is 9.61. The third-order valence-electron chi connectivity index (χ3n) is 0.324. The van der Waals surface area contributed by atoms with E-state index >= 15 is 0 Å². The van der Waals surface area contributed by atoms with E-state index < -0.39 is 23.6 Å². The molecule has 0 heterocycles. The Morgan fingerprint density at radius 1 is 1.40 bits per heavy atom. The van der Waals surface area contributed by atoms with Crippen molar-refractivity contribution in [3.63, 3.8) is 0 Å². The zero-order valence-electron chi connectivity index (χ0n) is 4.65. The summed E-state index contributed by atoms with van der Waals surface area (Å²) in [4.78, 5) is 0. The van der Waals surface area contributed by atoms with Crippen molar-refractivity contribution in [3.05, 3.63) is 0 Å². The Morgan fingerprint density at radius 3 is 1.90 bits per heavy atom. The predicted octanol–water partition coefficient (Wildman–Crippen LogP) is -1.69. The van der Waals surface area contributed by atoms with Gasteiger partial charge in [0.25, 0.3) is 0 Å². The number of aliphatic hydroxyl groups is 1. The van der Waals surface area contributed by atoms with Gasteiger partial charge in [-0.05, 0) is 0 Å². The van der Waals surface area contributed by atoms with Gasteiger partial charge in [0, 0.05) is 0 Å². The fraction of sp³-hybridized carbons (Fsp3) is 1.00. The minimum absolute atomic E-state index is 0. The monoisotopic (exact) mass is 199 g/mol. The molecule has 0 radical (unpaired) electrons. The van der Waals surface area contributed by atoms with Crippen LogP contribution in [0.1, 0.15) is 0 Å². The molecule has 0 saturated carbocycles. The molecule has 0 fully saturated rings. The van der Waals surface area contributed by atoms with Gasteiger partial charge in [0.1, 0.15) is 0 Å². The second-order valence-corrected chi connectivity index (χ2v) is 2.06. The maximum absolute atomic E-state index is 9.61. The molecule has 0 aliphatic rings. The standard InChI is InChI=1S/C2H6O5S.K.H3N.H/c3-1-2-7-8(4,5)6;;;/h3H,1-2H2,(H,4,5,6);;1H3;. The first kappa shape index (κ1) is 17.5. The first-order valence-electron chi connectivity index (χ1n) is 1.79. The summed E-state index contributed by atoms with van der Waals surface area (Å²) in [5.74, 6) is 0. The van der Waals surface area contributed by atoms with E-state index in [1.807, 2.05) is 0 Å². The van der Waals surface area contributed by atoms with Crippen LogP contribution in [0.2, 0.25) is 0 Å². The van der Waals surface area contributed by atoms with E-state index in [2.05, 4.69) is 4.18 Å². The quantitative estimate of drug-likeness (QED) is 0.368. The van der Waals surface area contributed by atoms with Gasteiger partial charge in [0.05, 0.1) is 13.2 Å². The van der Waals surface area contributed by atoms with Crippen molar-refractivity contribution in [1.82, 2.24) is 6.15 Å². The van der Waals surface area contributed by atoms with Crippen molar-refractivity contribution in [1.29, 1.82) is 0 Å². The summed E-state index contributed by atoms with van der Waals surface area (Å²) in [6, 6.07) is 0. The van der Waals surface area contributed by atoms with Crippen molar-refractivity contribution < 1.29 is 22.3 Å². The Balaban J connectivity index is -0.000000245. The number of aliphatic hydroxyl groups excluding tert-OH is 1. The van der Waals surface area contributed by atoms with Crippen LogP contribution in [0.15, 0.2) is 0 Å². The van der Waals surface area contributed by atoms with Crippen LogP contribution in [-0.4, -0.2) is 82.7 Å². The van der Waals surface area contributed by atoms with Crippen LogP contribution in [0.4, 0.5) is 0 Å². The summed E-state index contributed by atoms with van der Waals surface area (Å²) >= 11 is 0. The number of hydrogen-bond acceptors (Lipinski definition) is 5. The molecule has 0 rings (SSSR count). The topological polar surface area (TPSA) is 119 Å². The molecule has 0 spiro atoms. The molecule has 0 aromatic rings. The van der Waals surface area contributed by atoms with Crippen LogP contribution in [0.3, 0.4) is 0 Å². The first-order valence-corrected chi connectivity index (χ1v) is 3.15. The molecule has 0 bridgehead atoms. The van der Waals surface area contributed by atoms with Gasteiger partial charge in [-0.2, -0.15) is 8.42 Å². The van der Waals surface area contributed by atoms with Crippen molar-refractivity contribution in [2.75, 3.05) is 13.2 Å². The molecule has 8 heteroatoms. The molecule has 0 aliphatic carbocycles. The van der Waals surface area contributed by atoms with E-state index in [4.69, 9.17) is 9.66 Å². The Morgan fingerprint density at radius 2 is 1.80 bits per heavy atom. The molecule has 0 saturated heterocycles. The summed E-state index contributed by atoms with van der Waals surface area (Å²) in [5, 5.41) is 7.93. The van der Waals surface area contributed by atoms with Crippen molar-refractivity contribution in [2.24, 2.45) is 0 Å². The fourth-order valence-corrected chi connectivity index (χ4v) is 0.428. The molecule has 10 heavy (non-hydrogen) atoms. The molecule has 5 N–H and O–H groups in total. The Labute approximate surface area is 102 Å². The zero-order chi connectivity index (χ0) is 6.62. The first-order chi connectivity index (χ1) is 3.56. The Kier molecular flexibility index (Phi) is 14.9. The van der Waals surface area contributed by atoms with E-state index in [1.54, 1.807) is 0 Å². The number of hydrogen-bond donors (Lipinski definition) is 3. The molecular weight excluding hydrogens is 189 g/mol. The minimum atomic E-state index is -4.35. The van der Waals surface area contributed by atoms with E-state index in [0.29, 0.717) is 0 Å². The molecule has 0 aromatic heterocycles. The third-order valence-corrected chi connectivity index (χ3v) is 0.788. The summed E-state index contributed by atoms with van der Waals surface area (Å²) in [6.07, 6.45) is 0. The summed E-state index contributed by atoms with van der Waals surface area (Å²) in [6.45, 7) is -0.835. The number of rotatable bonds is 3. The van der Waals surface area contributed by atoms with Crippen LogP contribution in [-0.2, 0) is 14.6 Å². The Bertz CT molecular complexity index is 144. The van der Waals surface area contributed by atoms with E-state index in [9.17, 15) is 8.42 Å². The van der Waals surface area contributed by atoms with Crippen LogP contribution in [0, 0.1) is 0 Å². The summed E-state index contributed by atoms with van der Waals surface area (Å²) in [5.41, 5.74) is 0. The Hall–Kier alpha value is 1.43. The molecule has 0 aromatic carbocycles. The molecule has 0 aliphatic heterocycles. The fourth-order valence-electron chi connectivity index (χ4n) is 0.143. The second-order valence-electron chi connectivity index (χ2n) is 0.973. The van der Waals surface area contributed by atoms with Crippen molar-refractivity contribution in [3.8, 4) is 0 Å². The predicted molar refractivity (Wildman–Crippen MR) is 36.8 cm³/mol. The van der Waals surface area contributed by atoms with Gasteiger partial charge in [-0.1, -0.05) is 0 Å². The van der Waals surface area contributed by atoms with Crippen LogP contribution >= 0.6 is 0 Å². The average Bonchev–Trinajstić information content (AvgIpc) is 1.59. The van der Waals surface area contributed by atoms with Gasteiger partial charge in [-0.3, -0.25) is 4.55 Å². The van der Waals surface area contributed by atoms with Gasteiger partial charge in [0.2, 0.25) is 0 Å². The SMILES string of the molecule is N.O=S(=O)(O)OCCO.[KH]. The third kappa shape index (κ3) is 16.2. The van der Waals surface area contributed by atoms with Gasteiger partial charge in [-0.25, -0.2) is 4.18 Å². The van der Waals surface area contributed by atoms with Crippen molar-refractivity contribution in [2.45, 2.75) is 0 Å². The summed E-state index contributed by atoms with van der Waals surface area (Å²) in [7, 11) is -4.35. The molecule has 0 atom stereocenters. The van der Waals surface area contributed by atoms with Gasteiger partial charge < -0.3 is 11.3 Å². The van der Waals surface area contributed by atoms with Crippen LogP contribution < -0.4 is 6.15 Å². The van der Waals surface area contributed by atoms with E-state index in [0.717, 1.165) is 0 Å². The van der Waals surface area contributed by atoms with Gasteiger partial charge >= 0.3 is 61.8 Å². The molecule has 6 nitrogen and oxygen atoms in total. The second kappa shape index (κ2) is 8.52. The van der Waals surface area contributed by atoms with E-state index in [-0.39, 0.29) is 57.5 Å².